The molecule has 0 spiro atoms. The molecule has 76 valence electrons. The van der Waals surface area contributed by atoms with Crippen molar-refractivity contribution in [1.82, 2.24) is 0 Å². The third-order valence-electron chi connectivity index (χ3n) is 1.83. The van der Waals surface area contributed by atoms with Gasteiger partial charge in [0.2, 0.25) is 0 Å². The Kier molecular flexibility index (Phi) is 3.92. The maximum absolute atomic E-state index is 8.44. The standard InChI is InChI=1S/C11H11N3O/c12-8-2-1-3-9-4-6-10(7-5-9)11(13)14-15/h1,3-7,15H,2H2,(H2,13,14). The number of nitrogens with zero attached hydrogens (tertiary/aromatic N) is 2. The summed E-state index contributed by atoms with van der Waals surface area (Å²) in [5.74, 6) is 0.0857. The minimum absolute atomic E-state index is 0.0857. The summed E-state index contributed by atoms with van der Waals surface area (Å²) in [6.07, 6.45) is 4.01. The van der Waals surface area contributed by atoms with Crippen LogP contribution in [0.5, 0.6) is 0 Å². The molecule has 0 aromatic heterocycles. The Hall–Kier alpha value is -2.28. The summed E-state index contributed by atoms with van der Waals surface area (Å²) in [5.41, 5.74) is 7.04. The first kappa shape index (κ1) is 10.8. The molecule has 0 aliphatic heterocycles. The van der Waals surface area contributed by atoms with Gasteiger partial charge in [0.25, 0.3) is 0 Å². The molecule has 0 aliphatic rings. The first-order valence-electron chi connectivity index (χ1n) is 4.39. The molecule has 0 unspecified atom stereocenters. The number of oxime groups is 1. The zero-order valence-corrected chi connectivity index (χ0v) is 8.09. The van der Waals surface area contributed by atoms with Gasteiger partial charge >= 0.3 is 0 Å². The highest BCUT2D eigenvalue weighted by Gasteiger charge is 1.96. The molecule has 0 fully saturated rings. The average molecular weight is 201 g/mol. The van der Waals surface area contributed by atoms with Crippen molar-refractivity contribution >= 4 is 11.9 Å². The van der Waals surface area contributed by atoms with Crippen molar-refractivity contribution in [2.45, 2.75) is 6.42 Å². The van der Waals surface area contributed by atoms with Gasteiger partial charge in [0.15, 0.2) is 5.84 Å². The lowest BCUT2D eigenvalue weighted by molar-refractivity contribution is 0.318. The van der Waals surface area contributed by atoms with Crippen LogP contribution in [0.1, 0.15) is 17.5 Å². The number of hydrogen-bond donors (Lipinski definition) is 2. The van der Waals surface area contributed by atoms with E-state index in [0.29, 0.717) is 12.0 Å². The van der Waals surface area contributed by atoms with E-state index in [1.54, 1.807) is 18.2 Å². The first-order chi connectivity index (χ1) is 7.27. The van der Waals surface area contributed by atoms with Crippen molar-refractivity contribution in [1.29, 1.82) is 5.26 Å². The molecule has 0 saturated carbocycles. The van der Waals surface area contributed by atoms with E-state index in [2.05, 4.69) is 5.16 Å². The first-order valence-corrected chi connectivity index (χ1v) is 4.39. The van der Waals surface area contributed by atoms with Crippen LogP contribution in [0, 0.1) is 11.3 Å². The summed E-state index contributed by atoms with van der Waals surface area (Å²) >= 11 is 0. The van der Waals surface area contributed by atoms with Gasteiger partial charge in [-0.05, 0) is 5.56 Å². The third-order valence-corrected chi connectivity index (χ3v) is 1.83. The number of amidine groups is 1. The molecule has 0 atom stereocenters. The number of allylic oxidation sites excluding steroid dienone is 1. The average Bonchev–Trinajstić information content (AvgIpc) is 2.29. The second-order valence-corrected chi connectivity index (χ2v) is 2.87. The van der Waals surface area contributed by atoms with E-state index in [0.717, 1.165) is 5.56 Å². The van der Waals surface area contributed by atoms with Crippen LogP contribution in [0.4, 0.5) is 0 Å². The Labute approximate surface area is 87.9 Å². The van der Waals surface area contributed by atoms with Crippen LogP contribution in [0.3, 0.4) is 0 Å². The molecule has 15 heavy (non-hydrogen) atoms. The smallest absolute Gasteiger partial charge is 0.170 e. The predicted octanol–water partition coefficient (Wildman–Crippen LogP) is 1.71. The maximum atomic E-state index is 8.44. The monoisotopic (exact) mass is 201 g/mol. The minimum atomic E-state index is 0.0857. The van der Waals surface area contributed by atoms with Gasteiger partial charge in [-0.1, -0.05) is 41.6 Å². The third kappa shape index (κ3) is 3.16. The fraction of sp³-hybridized carbons (Fsp3) is 0.0909. The molecular formula is C11H11N3O. The van der Waals surface area contributed by atoms with Gasteiger partial charge < -0.3 is 10.9 Å². The second-order valence-electron chi connectivity index (χ2n) is 2.87. The Morgan fingerprint density at radius 2 is 2.13 bits per heavy atom. The molecule has 4 nitrogen and oxygen atoms in total. The Bertz CT molecular complexity index is 412. The van der Waals surface area contributed by atoms with Gasteiger partial charge in [-0.2, -0.15) is 5.26 Å². The summed E-state index contributed by atoms with van der Waals surface area (Å²) in [5, 5.41) is 19.7. The van der Waals surface area contributed by atoms with E-state index in [9.17, 15) is 0 Å². The molecule has 0 aliphatic carbocycles. The molecule has 3 N–H and O–H groups in total. The minimum Gasteiger partial charge on any atom is -0.409 e. The zero-order chi connectivity index (χ0) is 11.1. The summed E-state index contributed by atoms with van der Waals surface area (Å²) < 4.78 is 0. The quantitative estimate of drug-likeness (QED) is 0.338. The van der Waals surface area contributed by atoms with Gasteiger partial charge in [0.1, 0.15) is 0 Å². The number of rotatable bonds is 3. The van der Waals surface area contributed by atoms with E-state index in [4.69, 9.17) is 16.2 Å². The van der Waals surface area contributed by atoms with E-state index in [-0.39, 0.29) is 5.84 Å². The van der Waals surface area contributed by atoms with E-state index < -0.39 is 0 Å². The zero-order valence-electron chi connectivity index (χ0n) is 8.09. The van der Waals surface area contributed by atoms with Crippen LogP contribution < -0.4 is 5.73 Å². The lowest BCUT2D eigenvalue weighted by atomic mass is 10.1. The number of nitrogens with two attached hydrogens (primary N) is 1. The number of benzene rings is 1. The summed E-state index contributed by atoms with van der Waals surface area (Å²) in [6, 6.07) is 9.19. The highest BCUT2D eigenvalue weighted by molar-refractivity contribution is 5.97. The fourth-order valence-electron chi connectivity index (χ4n) is 1.07. The lowest BCUT2D eigenvalue weighted by Crippen LogP contribution is -2.12. The van der Waals surface area contributed by atoms with Gasteiger partial charge in [0, 0.05) is 5.56 Å². The van der Waals surface area contributed by atoms with Crippen molar-refractivity contribution < 1.29 is 5.21 Å². The number of hydrogen-bond acceptors (Lipinski definition) is 3. The Morgan fingerprint density at radius 3 is 2.67 bits per heavy atom. The largest absolute Gasteiger partial charge is 0.409 e. The van der Waals surface area contributed by atoms with Crippen LogP contribution in [0.15, 0.2) is 35.5 Å². The van der Waals surface area contributed by atoms with Crippen LogP contribution in [0.2, 0.25) is 0 Å². The molecule has 0 amide bonds. The van der Waals surface area contributed by atoms with Gasteiger partial charge in [-0.3, -0.25) is 0 Å². The SMILES string of the molecule is N#CCC=Cc1ccc(C(N)=NO)cc1. The van der Waals surface area contributed by atoms with E-state index in [1.165, 1.54) is 0 Å². The van der Waals surface area contributed by atoms with Gasteiger partial charge in [-0.25, -0.2) is 0 Å². The molecular weight excluding hydrogens is 190 g/mol. The number of nitriles is 1. The van der Waals surface area contributed by atoms with Crippen molar-refractivity contribution in [2.75, 3.05) is 0 Å². The van der Waals surface area contributed by atoms with Crippen LogP contribution in [-0.4, -0.2) is 11.0 Å². The molecule has 1 aromatic carbocycles. The highest BCUT2D eigenvalue weighted by Crippen LogP contribution is 2.06. The summed E-state index contributed by atoms with van der Waals surface area (Å²) in [7, 11) is 0. The molecule has 1 aromatic rings. The van der Waals surface area contributed by atoms with Gasteiger partial charge in [0.05, 0.1) is 12.5 Å². The summed E-state index contributed by atoms with van der Waals surface area (Å²) in [4.78, 5) is 0. The van der Waals surface area contributed by atoms with Gasteiger partial charge in [-0.15, -0.1) is 0 Å². The maximum Gasteiger partial charge on any atom is 0.170 e. The van der Waals surface area contributed by atoms with Crippen molar-refractivity contribution in [3.63, 3.8) is 0 Å². The Morgan fingerprint density at radius 1 is 1.47 bits per heavy atom. The predicted molar refractivity (Wildman–Crippen MR) is 58.2 cm³/mol. The summed E-state index contributed by atoms with van der Waals surface area (Å²) in [6.45, 7) is 0. The molecule has 1 rings (SSSR count). The molecule has 4 heteroatoms. The lowest BCUT2D eigenvalue weighted by Gasteiger charge is -1.98. The molecule has 0 bridgehead atoms. The molecule has 0 saturated heterocycles. The normalized spacial score (nSPS) is 11.5. The highest BCUT2D eigenvalue weighted by atomic mass is 16.4. The van der Waals surface area contributed by atoms with Crippen molar-refractivity contribution in [3.8, 4) is 6.07 Å². The van der Waals surface area contributed by atoms with Crippen LogP contribution >= 0.6 is 0 Å². The van der Waals surface area contributed by atoms with Crippen LogP contribution in [0.25, 0.3) is 6.08 Å². The van der Waals surface area contributed by atoms with Crippen molar-refractivity contribution in [3.05, 3.63) is 41.5 Å². The second kappa shape index (κ2) is 5.45. The van der Waals surface area contributed by atoms with Crippen molar-refractivity contribution in [2.24, 2.45) is 10.9 Å². The van der Waals surface area contributed by atoms with Crippen LogP contribution in [-0.2, 0) is 0 Å². The molecule has 0 radical (unpaired) electrons. The van der Waals surface area contributed by atoms with E-state index >= 15 is 0 Å². The fourth-order valence-corrected chi connectivity index (χ4v) is 1.07. The Balaban J connectivity index is 2.78. The van der Waals surface area contributed by atoms with E-state index in [1.807, 2.05) is 24.3 Å². The molecule has 0 heterocycles. The topological polar surface area (TPSA) is 82.4 Å².